The van der Waals surface area contributed by atoms with Gasteiger partial charge in [0.25, 0.3) is 0 Å². The number of hydrogen-bond acceptors (Lipinski definition) is 2. The summed E-state index contributed by atoms with van der Waals surface area (Å²) < 4.78 is 0. The van der Waals surface area contributed by atoms with Gasteiger partial charge in [0.2, 0.25) is 0 Å². The number of hydrogen-bond donors (Lipinski definition) is 1. The van der Waals surface area contributed by atoms with Crippen LogP contribution in [0.5, 0.6) is 0 Å². The summed E-state index contributed by atoms with van der Waals surface area (Å²) in [5.41, 5.74) is 0.252. The Balaban J connectivity index is 2.32. The average molecular weight is 236 g/mol. The molecule has 0 spiro atoms. The zero-order chi connectivity index (χ0) is 12.8. The van der Waals surface area contributed by atoms with E-state index in [4.69, 9.17) is 0 Å². The molecule has 0 aromatic carbocycles. The van der Waals surface area contributed by atoms with Crippen molar-refractivity contribution in [1.29, 1.82) is 0 Å². The molecule has 0 unspecified atom stereocenters. The van der Waals surface area contributed by atoms with Crippen LogP contribution < -0.4 is 0 Å². The van der Waals surface area contributed by atoms with E-state index in [0.717, 1.165) is 24.8 Å². The molecule has 2 saturated carbocycles. The zero-order valence-corrected chi connectivity index (χ0v) is 11.3. The smallest absolute Gasteiger partial charge is 0.138 e. The fourth-order valence-corrected chi connectivity index (χ4v) is 3.78. The highest BCUT2D eigenvalue weighted by Crippen LogP contribution is 2.56. The summed E-state index contributed by atoms with van der Waals surface area (Å²) in [4.78, 5) is 11.9. The molecular weight excluding hydrogens is 212 g/mol. The van der Waals surface area contributed by atoms with Crippen molar-refractivity contribution in [1.82, 2.24) is 0 Å². The van der Waals surface area contributed by atoms with Crippen LogP contribution in [0.25, 0.3) is 0 Å². The predicted molar refractivity (Wildman–Crippen MR) is 68.6 cm³/mol. The standard InChI is InChI=1S/C15H24O2/c1-10(2)12-5-7-14(4)8-6-13(16)11(3)15(14,17)9-12/h11-12,17H,1,5-9H2,2-4H3/t11-,12+,14+,15+/m0/s1. The minimum absolute atomic E-state index is 0.0771. The molecule has 2 aliphatic carbocycles. The van der Waals surface area contributed by atoms with Gasteiger partial charge in [-0.15, -0.1) is 0 Å². The van der Waals surface area contributed by atoms with Gasteiger partial charge in [0.15, 0.2) is 0 Å². The third-order valence-corrected chi connectivity index (χ3v) is 5.47. The summed E-state index contributed by atoms with van der Waals surface area (Å²) in [7, 11) is 0. The Kier molecular flexibility index (Phi) is 2.97. The first-order chi connectivity index (χ1) is 7.80. The molecule has 0 amide bonds. The second-order valence-electron chi connectivity index (χ2n) is 6.46. The first-order valence-electron chi connectivity index (χ1n) is 6.71. The molecule has 0 aromatic heterocycles. The van der Waals surface area contributed by atoms with Crippen molar-refractivity contribution in [3.63, 3.8) is 0 Å². The highest BCUT2D eigenvalue weighted by Gasteiger charge is 2.57. The molecule has 17 heavy (non-hydrogen) atoms. The second kappa shape index (κ2) is 3.94. The monoisotopic (exact) mass is 236 g/mol. The van der Waals surface area contributed by atoms with Crippen LogP contribution >= 0.6 is 0 Å². The third kappa shape index (κ3) is 1.77. The molecule has 2 heteroatoms. The Hall–Kier alpha value is -0.630. The van der Waals surface area contributed by atoms with Crippen molar-refractivity contribution in [3.8, 4) is 0 Å². The topological polar surface area (TPSA) is 37.3 Å². The van der Waals surface area contributed by atoms with Gasteiger partial charge in [0, 0.05) is 12.3 Å². The first-order valence-corrected chi connectivity index (χ1v) is 6.71. The number of allylic oxidation sites excluding steroid dienone is 1. The number of Topliss-reactive ketones (excluding diaryl/α,β-unsaturated/α-hetero) is 1. The van der Waals surface area contributed by atoms with Gasteiger partial charge in [-0.1, -0.05) is 26.0 Å². The molecule has 0 saturated heterocycles. The number of rotatable bonds is 1. The van der Waals surface area contributed by atoms with E-state index in [-0.39, 0.29) is 17.1 Å². The Bertz CT molecular complexity index is 360. The molecular formula is C15H24O2. The number of fused-ring (bicyclic) bond motifs is 1. The van der Waals surface area contributed by atoms with E-state index in [1.807, 2.05) is 13.8 Å². The second-order valence-corrected chi connectivity index (χ2v) is 6.46. The quantitative estimate of drug-likeness (QED) is 0.710. The molecule has 0 heterocycles. The van der Waals surface area contributed by atoms with Crippen LogP contribution in [0.1, 0.15) is 52.9 Å². The highest BCUT2D eigenvalue weighted by molar-refractivity contribution is 5.83. The van der Waals surface area contributed by atoms with Crippen molar-refractivity contribution in [2.75, 3.05) is 0 Å². The van der Waals surface area contributed by atoms with Gasteiger partial charge in [-0.25, -0.2) is 0 Å². The van der Waals surface area contributed by atoms with E-state index >= 15 is 0 Å². The van der Waals surface area contributed by atoms with Crippen LogP contribution in [0.3, 0.4) is 0 Å². The Labute approximate surface area is 104 Å². The molecule has 0 aliphatic heterocycles. The van der Waals surface area contributed by atoms with Gasteiger partial charge in [-0.2, -0.15) is 0 Å². The van der Waals surface area contributed by atoms with Gasteiger partial charge >= 0.3 is 0 Å². The van der Waals surface area contributed by atoms with Crippen LogP contribution in [0.4, 0.5) is 0 Å². The van der Waals surface area contributed by atoms with E-state index < -0.39 is 5.60 Å². The van der Waals surface area contributed by atoms with Crippen LogP contribution in [-0.2, 0) is 4.79 Å². The molecule has 2 aliphatic rings. The summed E-state index contributed by atoms with van der Waals surface area (Å²) in [5.74, 6) is 0.386. The number of aliphatic hydroxyl groups is 1. The maximum atomic E-state index is 11.9. The summed E-state index contributed by atoms with van der Waals surface area (Å²) in [6.07, 6.45) is 4.31. The summed E-state index contributed by atoms with van der Waals surface area (Å²) in [5, 5.41) is 11.0. The lowest BCUT2D eigenvalue weighted by molar-refractivity contribution is -0.180. The van der Waals surface area contributed by atoms with Gasteiger partial charge in [0.05, 0.1) is 5.60 Å². The summed E-state index contributed by atoms with van der Waals surface area (Å²) >= 11 is 0. The molecule has 2 rings (SSSR count). The lowest BCUT2D eigenvalue weighted by Crippen LogP contribution is -2.60. The maximum absolute atomic E-state index is 11.9. The molecule has 0 radical (unpaired) electrons. The molecule has 96 valence electrons. The van der Waals surface area contributed by atoms with E-state index in [9.17, 15) is 9.90 Å². The Morgan fingerprint density at radius 1 is 1.47 bits per heavy atom. The first kappa shape index (κ1) is 12.8. The third-order valence-electron chi connectivity index (χ3n) is 5.47. The molecule has 2 fully saturated rings. The van der Waals surface area contributed by atoms with E-state index in [0.29, 0.717) is 18.8 Å². The minimum atomic E-state index is -0.815. The maximum Gasteiger partial charge on any atom is 0.138 e. The summed E-state index contributed by atoms with van der Waals surface area (Å²) in [6.45, 7) is 10.1. The fraction of sp³-hybridized carbons (Fsp3) is 0.800. The SMILES string of the molecule is C=C(C)[C@@H]1CC[C@]2(C)CCC(=O)[C@H](C)[C@]2(O)C1. The van der Waals surface area contributed by atoms with Crippen molar-refractivity contribution in [2.24, 2.45) is 17.3 Å². The van der Waals surface area contributed by atoms with Crippen LogP contribution in [0, 0.1) is 17.3 Å². The van der Waals surface area contributed by atoms with Crippen LogP contribution in [0.15, 0.2) is 12.2 Å². The predicted octanol–water partition coefficient (Wildman–Crippen LogP) is 3.10. The minimum Gasteiger partial charge on any atom is -0.389 e. The van der Waals surface area contributed by atoms with E-state index in [1.165, 1.54) is 0 Å². The average Bonchev–Trinajstić information content (AvgIpc) is 2.27. The molecule has 0 aromatic rings. The lowest BCUT2D eigenvalue weighted by atomic mass is 9.51. The Morgan fingerprint density at radius 3 is 2.71 bits per heavy atom. The fourth-order valence-electron chi connectivity index (χ4n) is 3.78. The number of carbonyl (C=O) groups excluding carboxylic acids is 1. The van der Waals surface area contributed by atoms with Gasteiger partial charge in [-0.05, 0) is 43.9 Å². The van der Waals surface area contributed by atoms with Crippen molar-refractivity contribution in [3.05, 3.63) is 12.2 Å². The van der Waals surface area contributed by atoms with Crippen LogP contribution in [-0.4, -0.2) is 16.5 Å². The van der Waals surface area contributed by atoms with E-state index in [1.54, 1.807) is 0 Å². The van der Waals surface area contributed by atoms with Crippen molar-refractivity contribution in [2.45, 2.75) is 58.5 Å². The lowest BCUT2D eigenvalue weighted by Gasteiger charge is -2.56. The molecule has 4 atom stereocenters. The molecule has 1 N–H and O–H groups in total. The highest BCUT2D eigenvalue weighted by atomic mass is 16.3. The van der Waals surface area contributed by atoms with Gasteiger partial charge in [-0.3, -0.25) is 4.79 Å². The number of carbonyl (C=O) groups is 1. The summed E-state index contributed by atoms with van der Waals surface area (Å²) in [6, 6.07) is 0. The number of ketones is 1. The largest absolute Gasteiger partial charge is 0.389 e. The van der Waals surface area contributed by atoms with Crippen LogP contribution in [0.2, 0.25) is 0 Å². The molecule has 0 bridgehead atoms. The van der Waals surface area contributed by atoms with Crippen molar-refractivity contribution >= 4 is 5.78 Å². The van der Waals surface area contributed by atoms with Gasteiger partial charge < -0.3 is 5.11 Å². The van der Waals surface area contributed by atoms with Gasteiger partial charge in [0.1, 0.15) is 5.78 Å². The Morgan fingerprint density at radius 2 is 2.12 bits per heavy atom. The normalized spacial score (nSPS) is 46.5. The van der Waals surface area contributed by atoms with Crippen molar-refractivity contribution < 1.29 is 9.90 Å². The van der Waals surface area contributed by atoms with E-state index in [2.05, 4.69) is 13.5 Å². The zero-order valence-electron chi connectivity index (χ0n) is 11.3. The molecule has 2 nitrogen and oxygen atoms in total.